The molecule has 1 fully saturated rings. The number of benzene rings is 1. The zero-order valence-corrected chi connectivity index (χ0v) is 12.5. The van der Waals surface area contributed by atoms with Crippen molar-refractivity contribution in [1.29, 1.82) is 0 Å². The van der Waals surface area contributed by atoms with Gasteiger partial charge in [-0.2, -0.15) is 0 Å². The van der Waals surface area contributed by atoms with Gasteiger partial charge in [0.25, 0.3) is 5.91 Å². The molecule has 1 unspecified atom stereocenters. The van der Waals surface area contributed by atoms with Gasteiger partial charge in [0.15, 0.2) is 0 Å². The van der Waals surface area contributed by atoms with Gasteiger partial charge in [-0.05, 0) is 49.9 Å². The van der Waals surface area contributed by atoms with Crippen LogP contribution in [0.15, 0.2) is 18.2 Å². The average molecular weight is 277 g/mol. The summed E-state index contributed by atoms with van der Waals surface area (Å²) in [5.74, 6) is 0.923. The number of rotatable bonds is 5. The van der Waals surface area contributed by atoms with Gasteiger partial charge in [-0.25, -0.2) is 0 Å². The molecule has 1 aliphatic rings. The SMILES string of the molecule is Cc1cc(C)cc(OCCN(C)C(=O)C2CCCO2)c1. The summed E-state index contributed by atoms with van der Waals surface area (Å²) in [6, 6.07) is 6.13. The average Bonchev–Trinajstić information content (AvgIpc) is 2.90. The number of hydrogen-bond acceptors (Lipinski definition) is 3. The quantitative estimate of drug-likeness (QED) is 0.829. The topological polar surface area (TPSA) is 38.8 Å². The van der Waals surface area contributed by atoms with Crippen LogP contribution in [0.3, 0.4) is 0 Å². The minimum Gasteiger partial charge on any atom is -0.492 e. The van der Waals surface area contributed by atoms with Crippen molar-refractivity contribution >= 4 is 5.91 Å². The minimum absolute atomic E-state index is 0.0616. The first-order valence-corrected chi connectivity index (χ1v) is 7.14. The van der Waals surface area contributed by atoms with Crippen LogP contribution >= 0.6 is 0 Å². The van der Waals surface area contributed by atoms with E-state index in [0.29, 0.717) is 19.8 Å². The fourth-order valence-corrected chi connectivity index (χ4v) is 2.45. The van der Waals surface area contributed by atoms with Crippen molar-refractivity contribution in [3.8, 4) is 5.75 Å². The standard InChI is InChI=1S/C16H23NO3/c1-12-9-13(2)11-14(10-12)19-8-6-17(3)16(18)15-5-4-7-20-15/h9-11,15H,4-8H2,1-3H3. The van der Waals surface area contributed by atoms with Crippen molar-refractivity contribution in [1.82, 2.24) is 4.90 Å². The van der Waals surface area contributed by atoms with Gasteiger partial charge in [-0.3, -0.25) is 4.79 Å². The number of aryl methyl sites for hydroxylation is 2. The van der Waals surface area contributed by atoms with Crippen LogP contribution in [-0.2, 0) is 9.53 Å². The van der Waals surface area contributed by atoms with Gasteiger partial charge in [0.05, 0.1) is 6.54 Å². The molecule has 0 N–H and O–H groups in total. The molecule has 0 aliphatic carbocycles. The van der Waals surface area contributed by atoms with Crippen LogP contribution in [0.2, 0.25) is 0 Å². The van der Waals surface area contributed by atoms with Crippen molar-refractivity contribution in [3.63, 3.8) is 0 Å². The van der Waals surface area contributed by atoms with Crippen LogP contribution in [0, 0.1) is 13.8 Å². The summed E-state index contributed by atoms with van der Waals surface area (Å²) in [6.07, 6.45) is 1.56. The van der Waals surface area contributed by atoms with Gasteiger partial charge in [0, 0.05) is 13.7 Å². The second-order valence-corrected chi connectivity index (χ2v) is 5.43. The normalized spacial score (nSPS) is 18.1. The third-order valence-corrected chi connectivity index (χ3v) is 3.47. The van der Waals surface area contributed by atoms with Crippen LogP contribution < -0.4 is 4.74 Å². The van der Waals surface area contributed by atoms with Crippen LogP contribution in [0.4, 0.5) is 0 Å². The summed E-state index contributed by atoms with van der Waals surface area (Å²) in [5.41, 5.74) is 2.37. The molecule has 1 aromatic rings. The first-order chi connectivity index (χ1) is 9.56. The molecule has 20 heavy (non-hydrogen) atoms. The second kappa shape index (κ2) is 6.75. The predicted octanol–water partition coefficient (Wildman–Crippen LogP) is 2.32. The summed E-state index contributed by atoms with van der Waals surface area (Å²) in [5, 5.41) is 0. The van der Waals surface area contributed by atoms with E-state index in [2.05, 4.69) is 6.07 Å². The lowest BCUT2D eigenvalue weighted by Crippen LogP contribution is -2.38. The Kier molecular flexibility index (Phi) is 5.01. The molecule has 0 bridgehead atoms. The number of carbonyl (C=O) groups excluding carboxylic acids is 1. The summed E-state index contributed by atoms with van der Waals surface area (Å²) in [6.45, 7) is 5.87. The molecule has 1 saturated heterocycles. The Bertz CT molecular complexity index is 447. The van der Waals surface area contributed by atoms with Crippen LogP contribution in [0.25, 0.3) is 0 Å². The van der Waals surface area contributed by atoms with Crippen molar-refractivity contribution in [2.45, 2.75) is 32.8 Å². The third kappa shape index (κ3) is 3.97. The van der Waals surface area contributed by atoms with Crippen LogP contribution in [0.1, 0.15) is 24.0 Å². The Morgan fingerprint density at radius 1 is 1.35 bits per heavy atom. The molecule has 1 heterocycles. The Morgan fingerprint density at radius 2 is 2.05 bits per heavy atom. The van der Waals surface area contributed by atoms with Gasteiger partial charge >= 0.3 is 0 Å². The highest BCUT2D eigenvalue weighted by atomic mass is 16.5. The lowest BCUT2D eigenvalue weighted by Gasteiger charge is -2.20. The summed E-state index contributed by atoms with van der Waals surface area (Å²) in [7, 11) is 1.80. The van der Waals surface area contributed by atoms with Gasteiger partial charge < -0.3 is 14.4 Å². The van der Waals surface area contributed by atoms with Gasteiger partial charge in [-0.1, -0.05) is 6.07 Å². The molecular weight excluding hydrogens is 254 g/mol. The number of ether oxygens (including phenoxy) is 2. The molecule has 1 amide bonds. The fraction of sp³-hybridized carbons (Fsp3) is 0.562. The molecule has 0 saturated carbocycles. The predicted molar refractivity (Wildman–Crippen MR) is 78.0 cm³/mol. The Labute approximate surface area is 120 Å². The molecule has 110 valence electrons. The number of hydrogen-bond donors (Lipinski definition) is 0. The highest BCUT2D eigenvalue weighted by Crippen LogP contribution is 2.17. The van der Waals surface area contributed by atoms with Crippen molar-refractivity contribution in [2.24, 2.45) is 0 Å². The van der Waals surface area contributed by atoms with Crippen LogP contribution in [-0.4, -0.2) is 43.7 Å². The highest BCUT2D eigenvalue weighted by Gasteiger charge is 2.26. The lowest BCUT2D eigenvalue weighted by molar-refractivity contribution is -0.139. The molecule has 1 aliphatic heterocycles. The number of likely N-dealkylation sites (N-methyl/N-ethyl adjacent to an activating group) is 1. The maximum absolute atomic E-state index is 12.0. The molecular formula is C16H23NO3. The van der Waals surface area contributed by atoms with Gasteiger partial charge in [-0.15, -0.1) is 0 Å². The summed E-state index contributed by atoms with van der Waals surface area (Å²) in [4.78, 5) is 13.7. The Morgan fingerprint density at radius 3 is 2.65 bits per heavy atom. The monoisotopic (exact) mass is 277 g/mol. The zero-order valence-electron chi connectivity index (χ0n) is 12.5. The van der Waals surface area contributed by atoms with E-state index < -0.39 is 0 Å². The molecule has 0 aromatic heterocycles. The first-order valence-electron chi connectivity index (χ1n) is 7.14. The maximum Gasteiger partial charge on any atom is 0.251 e. The van der Waals surface area contributed by atoms with E-state index in [0.717, 1.165) is 18.6 Å². The van der Waals surface area contributed by atoms with Crippen molar-refractivity contribution in [3.05, 3.63) is 29.3 Å². The highest BCUT2D eigenvalue weighted by molar-refractivity contribution is 5.80. The van der Waals surface area contributed by atoms with E-state index in [1.807, 2.05) is 26.0 Å². The van der Waals surface area contributed by atoms with Gasteiger partial charge in [0.1, 0.15) is 18.5 Å². The zero-order chi connectivity index (χ0) is 14.5. The molecule has 2 rings (SSSR count). The fourth-order valence-electron chi connectivity index (χ4n) is 2.45. The van der Waals surface area contributed by atoms with E-state index in [1.165, 1.54) is 11.1 Å². The maximum atomic E-state index is 12.0. The number of amides is 1. The minimum atomic E-state index is -0.249. The third-order valence-electron chi connectivity index (χ3n) is 3.47. The van der Waals surface area contributed by atoms with E-state index >= 15 is 0 Å². The summed E-state index contributed by atoms with van der Waals surface area (Å²) >= 11 is 0. The number of carbonyl (C=O) groups is 1. The molecule has 4 nitrogen and oxygen atoms in total. The van der Waals surface area contributed by atoms with E-state index in [4.69, 9.17) is 9.47 Å². The van der Waals surface area contributed by atoms with E-state index in [9.17, 15) is 4.79 Å². The van der Waals surface area contributed by atoms with Gasteiger partial charge in [0.2, 0.25) is 0 Å². The summed E-state index contributed by atoms with van der Waals surface area (Å²) < 4.78 is 11.1. The molecule has 1 atom stereocenters. The molecule has 0 radical (unpaired) electrons. The Hall–Kier alpha value is -1.55. The number of nitrogens with zero attached hydrogens (tertiary/aromatic N) is 1. The molecule has 4 heteroatoms. The molecule has 1 aromatic carbocycles. The Balaban J connectivity index is 1.78. The van der Waals surface area contributed by atoms with Crippen molar-refractivity contribution < 1.29 is 14.3 Å². The largest absolute Gasteiger partial charge is 0.492 e. The first kappa shape index (κ1) is 14.9. The smallest absolute Gasteiger partial charge is 0.251 e. The second-order valence-electron chi connectivity index (χ2n) is 5.43. The van der Waals surface area contributed by atoms with Crippen molar-refractivity contribution in [2.75, 3.05) is 26.8 Å². The molecule has 0 spiro atoms. The van der Waals surface area contributed by atoms with Crippen LogP contribution in [0.5, 0.6) is 5.75 Å². The van der Waals surface area contributed by atoms with E-state index in [-0.39, 0.29) is 12.0 Å². The lowest BCUT2D eigenvalue weighted by atomic mass is 10.1. The van der Waals surface area contributed by atoms with E-state index in [1.54, 1.807) is 11.9 Å².